The van der Waals surface area contributed by atoms with E-state index in [4.69, 9.17) is 0 Å². The Hall–Kier alpha value is -1.82. The Morgan fingerprint density at radius 2 is 1.74 bits per heavy atom. The van der Waals surface area contributed by atoms with Gasteiger partial charge in [0.25, 0.3) is 0 Å². The molecule has 5 nitrogen and oxygen atoms in total. The lowest BCUT2D eigenvalue weighted by molar-refractivity contribution is 0.184. The highest BCUT2D eigenvalue weighted by atomic mass is 19.1. The fourth-order valence-corrected chi connectivity index (χ4v) is 4.13. The van der Waals surface area contributed by atoms with Gasteiger partial charge in [-0.2, -0.15) is 0 Å². The van der Waals surface area contributed by atoms with Gasteiger partial charge < -0.3 is 20.0 Å². The molecule has 0 saturated carbocycles. The van der Waals surface area contributed by atoms with Crippen LogP contribution in [-0.4, -0.2) is 75.2 Å². The summed E-state index contributed by atoms with van der Waals surface area (Å²) in [6, 6.07) is 6.80. The summed E-state index contributed by atoms with van der Waals surface area (Å²) in [7, 11) is 1.87. The zero-order valence-corrected chi connectivity index (χ0v) is 16.8. The number of hydrogen-bond donors (Lipinski definition) is 1. The van der Waals surface area contributed by atoms with Gasteiger partial charge in [-0.1, -0.05) is 6.92 Å². The lowest BCUT2D eigenvalue weighted by Crippen LogP contribution is -2.53. The standard InChI is InChI=1S/C21H34FN5/c1-3-10-25-11-8-18(9-12-25)17-24-21(23-2)27-15-13-26(14-16-27)20-6-4-19(22)5-7-20/h4-7,18H,3,8-17H2,1-2H3,(H,23,24). The molecule has 150 valence electrons. The Morgan fingerprint density at radius 3 is 2.33 bits per heavy atom. The van der Waals surface area contributed by atoms with Gasteiger partial charge in [0.2, 0.25) is 0 Å². The second kappa shape index (κ2) is 9.93. The number of anilines is 1. The van der Waals surface area contributed by atoms with E-state index in [1.54, 1.807) is 0 Å². The van der Waals surface area contributed by atoms with Crippen molar-refractivity contribution in [1.29, 1.82) is 0 Å². The van der Waals surface area contributed by atoms with Gasteiger partial charge in [0.1, 0.15) is 5.82 Å². The molecule has 1 aromatic rings. The molecule has 0 unspecified atom stereocenters. The third-order valence-corrected chi connectivity index (χ3v) is 5.78. The number of aliphatic imine (C=N–C) groups is 1. The lowest BCUT2D eigenvalue weighted by Gasteiger charge is -2.38. The van der Waals surface area contributed by atoms with Gasteiger partial charge in [-0.15, -0.1) is 0 Å². The monoisotopic (exact) mass is 375 g/mol. The van der Waals surface area contributed by atoms with Crippen LogP contribution in [-0.2, 0) is 0 Å². The molecule has 27 heavy (non-hydrogen) atoms. The van der Waals surface area contributed by atoms with Gasteiger partial charge in [-0.05, 0) is 69.1 Å². The van der Waals surface area contributed by atoms with Crippen LogP contribution in [0.5, 0.6) is 0 Å². The van der Waals surface area contributed by atoms with Crippen molar-refractivity contribution in [2.45, 2.75) is 26.2 Å². The van der Waals surface area contributed by atoms with Crippen LogP contribution in [0.1, 0.15) is 26.2 Å². The normalized spacial score (nSPS) is 20.2. The average molecular weight is 376 g/mol. The molecule has 6 heteroatoms. The maximum Gasteiger partial charge on any atom is 0.193 e. The SMILES string of the molecule is CCCN1CCC(CNC(=NC)N2CCN(c3ccc(F)cc3)CC2)CC1. The molecular weight excluding hydrogens is 341 g/mol. The van der Waals surface area contributed by atoms with E-state index >= 15 is 0 Å². The predicted molar refractivity (Wildman–Crippen MR) is 111 cm³/mol. The van der Waals surface area contributed by atoms with E-state index < -0.39 is 0 Å². The predicted octanol–water partition coefficient (Wildman–Crippen LogP) is 2.65. The van der Waals surface area contributed by atoms with Crippen LogP contribution in [0.2, 0.25) is 0 Å². The number of piperidine rings is 1. The summed E-state index contributed by atoms with van der Waals surface area (Å²) in [5.41, 5.74) is 1.10. The number of benzene rings is 1. The number of guanidine groups is 1. The molecule has 2 fully saturated rings. The molecule has 2 saturated heterocycles. The molecule has 1 N–H and O–H groups in total. The molecule has 2 aliphatic heterocycles. The van der Waals surface area contributed by atoms with Crippen molar-refractivity contribution < 1.29 is 4.39 Å². The van der Waals surface area contributed by atoms with E-state index in [0.717, 1.165) is 50.3 Å². The van der Waals surface area contributed by atoms with Gasteiger partial charge in [0, 0.05) is 45.5 Å². The maximum absolute atomic E-state index is 13.1. The van der Waals surface area contributed by atoms with E-state index in [2.05, 4.69) is 31.9 Å². The largest absolute Gasteiger partial charge is 0.368 e. The average Bonchev–Trinajstić information content (AvgIpc) is 2.71. The van der Waals surface area contributed by atoms with E-state index in [0.29, 0.717) is 0 Å². The van der Waals surface area contributed by atoms with Crippen molar-refractivity contribution in [2.24, 2.45) is 10.9 Å². The van der Waals surface area contributed by atoms with Crippen LogP contribution in [0.4, 0.5) is 10.1 Å². The zero-order valence-electron chi connectivity index (χ0n) is 16.8. The molecule has 3 rings (SSSR count). The highest BCUT2D eigenvalue weighted by Gasteiger charge is 2.22. The first-order chi connectivity index (χ1) is 13.2. The number of halogens is 1. The highest BCUT2D eigenvalue weighted by Crippen LogP contribution is 2.18. The van der Waals surface area contributed by atoms with Crippen molar-refractivity contribution in [3.8, 4) is 0 Å². The van der Waals surface area contributed by atoms with E-state index in [-0.39, 0.29) is 5.82 Å². The van der Waals surface area contributed by atoms with Crippen LogP contribution >= 0.6 is 0 Å². The second-order valence-electron chi connectivity index (χ2n) is 7.66. The number of nitrogens with zero attached hydrogens (tertiary/aromatic N) is 4. The van der Waals surface area contributed by atoms with Crippen LogP contribution in [0.25, 0.3) is 0 Å². The molecule has 0 spiro atoms. The Morgan fingerprint density at radius 1 is 1.07 bits per heavy atom. The van der Waals surface area contributed by atoms with Gasteiger partial charge in [-0.3, -0.25) is 4.99 Å². The Bertz CT molecular complexity index is 587. The van der Waals surface area contributed by atoms with Crippen molar-refractivity contribution in [3.63, 3.8) is 0 Å². The van der Waals surface area contributed by atoms with E-state index in [9.17, 15) is 4.39 Å². The minimum atomic E-state index is -0.178. The van der Waals surface area contributed by atoms with Crippen molar-refractivity contribution in [2.75, 3.05) is 64.3 Å². The molecule has 0 bridgehead atoms. The number of likely N-dealkylation sites (tertiary alicyclic amines) is 1. The molecule has 0 aliphatic carbocycles. The Labute approximate surface area is 163 Å². The van der Waals surface area contributed by atoms with Crippen LogP contribution < -0.4 is 10.2 Å². The van der Waals surface area contributed by atoms with Crippen LogP contribution in [0.3, 0.4) is 0 Å². The summed E-state index contributed by atoms with van der Waals surface area (Å²) < 4.78 is 13.1. The van der Waals surface area contributed by atoms with Gasteiger partial charge in [-0.25, -0.2) is 4.39 Å². The first-order valence-corrected chi connectivity index (χ1v) is 10.4. The molecular formula is C21H34FN5. The molecule has 0 atom stereocenters. The fraction of sp³-hybridized carbons (Fsp3) is 0.667. The summed E-state index contributed by atoms with van der Waals surface area (Å²) in [6.07, 6.45) is 3.81. The third-order valence-electron chi connectivity index (χ3n) is 5.78. The first-order valence-electron chi connectivity index (χ1n) is 10.4. The Balaban J connectivity index is 1.42. The van der Waals surface area contributed by atoms with Crippen molar-refractivity contribution >= 4 is 11.6 Å². The number of nitrogens with one attached hydrogen (secondary N) is 1. The van der Waals surface area contributed by atoms with E-state index in [1.165, 1.54) is 51.0 Å². The maximum atomic E-state index is 13.1. The molecule has 2 aliphatic rings. The topological polar surface area (TPSA) is 34.1 Å². The third kappa shape index (κ3) is 5.58. The molecule has 2 heterocycles. The lowest BCUT2D eigenvalue weighted by atomic mass is 9.97. The summed E-state index contributed by atoms with van der Waals surface area (Å²) in [4.78, 5) is 11.7. The first kappa shape index (κ1) is 19.9. The van der Waals surface area contributed by atoms with Gasteiger partial charge in [0.15, 0.2) is 5.96 Å². The van der Waals surface area contributed by atoms with Crippen molar-refractivity contribution in [3.05, 3.63) is 30.1 Å². The molecule has 0 radical (unpaired) electrons. The zero-order chi connectivity index (χ0) is 19.1. The van der Waals surface area contributed by atoms with Gasteiger partial charge >= 0.3 is 0 Å². The molecule has 1 aromatic carbocycles. The number of rotatable bonds is 5. The number of hydrogen-bond acceptors (Lipinski definition) is 3. The smallest absolute Gasteiger partial charge is 0.193 e. The van der Waals surface area contributed by atoms with Crippen LogP contribution in [0.15, 0.2) is 29.3 Å². The molecule has 0 aromatic heterocycles. The Kier molecular flexibility index (Phi) is 7.33. The van der Waals surface area contributed by atoms with Crippen molar-refractivity contribution in [1.82, 2.24) is 15.1 Å². The van der Waals surface area contributed by atoms with Crippen LogP contribution in [0, 0.1) is 11.7 Å². The number of piperazine rings is 1. The highest BCUT2D eigenvalue weighted by molar-refractivity contribution is 5.80. The minimum absolute atomic E-state index is 0.178. The van der Waals surface area contributed by atoms with Gasteiger partial charge in [0.05, 0.1) is 0 Å². The second-order valence-corrected chi connectivity index (χ2v) is 7.66. The fourth-order valence-electron chi connectivity index (χ4n) is 4.13. The van der Waals surface area contributed by atoms with E-state index in [1.807, 2.05) is 19.2 Å². The quantitative estimate of drug-likeness (QED) is 0.634. The summed E-state index contributed by atoms with van der Waals surface area (Å²) in [5.74, 6) is 1.59. The molecule has 0 amide bonds. The summed E-state index contributed by atoms with van der Waals surface area (Å²) in [5, 5.41) is 3.61. The minimum Gasteiger partial charge on any atom is -0.368 e. The summed E-state index contributed by atoms with van der Waals surface area (Å²) in [6.45, 7) is 10.7. The summed E-state index contributed by atoms with van der Waals surface area (Å²) >= 11 is 0.